The lowest BCUT2D eigenvalue weighted by Crippen LogP contribution is -2.64. The molecule has 0 amide bonds. The highest BCUT2D eigenvalue weighted by Crippen LogP contribution is 2.25. The Kier molecular flexibility index (Phi) is 3.36. The molecule has 9 heteroatoms. The number of hydrogen-bond donors (Lipinski definition) is 1. The molecule has 2 rings (SSSR count). The first kappa shape index (κ1) is 13.1. The van der Waals surface area contributed by atoms with Gasteiger partial charge in [-0.15, -0.1) is 0 Å². The van der Waals surface area contributed by atoms with Crippen LogP contribution in [-0.2, 0) is 10.2 Å². The van der Waals surface area contributed by atoms with E-state index in [-0.39, 0.29) is 12.6 Å². The molecule has 2 aliphatic heterocycles. The summed E-state index contributed by atoms with van der Waals surface area (Å²) in [6.07, 6.45) is -4.06. The molecule has 1 N–H and O–H groups in total. The van der Waals surface area contributed by atoms with E-state index in [0.29, 0.717) is 30.4 Å². The first-order chi connectivity index (χ1) is 7.81. The Morgan fingerprint density at radius 3 is 2.35 bits per heavy atom. The minimum Gasteiger partial charge on any atom is -0.313 e. The van der Waals surface area contributed by atoms with Gasteiger partial charge in [0.25, 0.3) is 10.2 Å². The van der Waals surface area contributed by atoms with Crippen LogP contribution < -0.4 is 5.32 Å². The third-order valence-electron chi connectivity index (χ3n) is 2.93. The van der Waals surface area contributed by atoms with Gasteiger partial charge in [0, 0.05) is 26.2 Å². The number of hydrogen-bond acceptors (Lipinski definition) is 3. The average Bonchev–Trinajstić information content (AvgIpc) is 2.07. The maximum atomic E-state index is 12.3. The quantitative estimate of drug-likeness (QED) is 0.756. The number of halogens is 3. The normalized spacial score (nSPS) is 27.9. The summed E-state index contributed by atoms with van der Waals surface area (Å²) in [6.45, 7) is -0.119. The van der Waals surface area contributed by atoms with Crippen LogP contribution in [0.15, 0.2) is 0 Å². The zero-order valence-electron chi connectivity index (χ0n) is 9.07. The molecule has 0 aromatic heterocycles. The standard InChI is InChI=1S/C8H14F3N3O2S/c9-8(10,11)6-13-2-1-3-14(17(13,15)16)7-4-12-5-7/h7,12H,1-6H2. The van der Waals surface area contributed by atoms with Crippen molar-refractivity contribution in [1.82, 2.24) is 13.9 Å². The molecule has 2 heterocycles. The summed E-state index contributed by atoms with van der Waals surface area (Å²) in [6, 6.07) is -0.198. The van der Waals surface area contributed by atoms with Crippen molar-refractivity contribution in [3.63, 3.8) is 0 Å². The Bertz CT molecular complexity index is 380. The van der Waals surface area contributed by atoms with Crippen molar-refractivity contribution >= 4 is 10.2 Å². The number of rotatable bonds is 2. The van der Waals surface area contributed by atoms with Crippen molar-refractivity contribution < 1.29 is 21.6 Å². The monoisotopic (exact) mass is 273 g/mol. The van der Waals surface area contributed by atoms with Crippen molar-refractivity contribution in [3.05, 3.63) is 0 Å². The van der Waals surface area contributed by atoms with E-state index in [9.17, 15) is 21.6 Å². The first-order valence-electron chi connectivity index (χ1n) is 5.35. The fourth-order valence-corrected chi connectivity index (χ4v) is 3.84. The first-order valence-corrected chi connectivity index (χ1v) is 6.75. The van der Waals surface area contributed by atoms with Gasteiger partial charge < -0.3 is 5.32 Å². The zero-order valence-corrected chi connectivity index (χ0v) is 9.89. The van der Waals surface area contributed by atoms with E-state index in [4.69, 9.17) is 0 Å². The molecule has 100 valence electrons. The van der Waals surface area contributed by atoms with E-state index in [1.165, 1.54) is 4.31 Å². The van der Waals surface area contributed by atoms with E-state index in [2.05, 4.69) is 5.32 Å². The summed E-state index contributed by atoms with van der Waals surface area (Å²) in [5, 5.41) is 2.91. The molecule has 0 unspecified atom stereocenters. The van der Waals surface area contributed by atoms with Gasteiger partial charge in [-0.3, -0.25) is 0 Å². The van der Waals surface area contributed by atoms with Crippen LogP contribution in [0.5, 0.6) is 0 Å². The van der Waals surface area contributed by atoms with Crippen molar-refractivity contribution in [1.29, 1.82) is 0 Å². The van der Waals surface area contributed by atoms with Gasteiger partial charge in [-0.1, -0.05) is 0 Å². The van der Waals surface area contributed by atoms with Gasteiger partial charge in [0.2, 0.25) is 0 Å². The number of nitrogens with zero attached hydrogens (tertiary/aromatic N) is 2. The molecule has 5 nitrogen and oxygen atoms in total. The summed E-state index contributed by atoms with van der Waals surface area (Å²) in [5.41, 5.74) is 0. The van der Waals surface area contributed by atoms with Gasteiger partial charge in [-0.05, 0) is 6.42 Å². The predicted octanol–water partition coefficient (Wildman–Crippen LogP) is -0.227. The van der Waals surface area contributed by atoms with E-state index in [0.717, 1.165) is 0 Å². The molecule has 0 aliphatic carbocycles. The topological polar surface area (TPSA) is 52.7 Å². The highest BCUT2D eigenvalue weighted by atomic mass is 32.2. The molecule has 2 fully saturated rings. The van der Waals surface area contributed by atoms with E-state index in [1.807, 2.05) is 0 Å². The average molecular weight is 273 g/mol. The Hall–Kier alpha value is -0.380. The third kappa shape index (κ3) is 2.72. The SMILES string of the molecule is O=S1(=O)N(CC(F)(F)F)CCCN1C1CNC1. The fourth-order valence-electron chi connectivity index (χ4n) is 1.99. The number of alkyl halides is 3. The molecule has 2 saturated heterocycles. The molecule has 0 saturated carbocycles. The molecule has 0 spiro atoms. The summed E-state index contributed by atoms with van der Waals surface area (Å²) < 4.78 is 62.4. The van der Waals surface area contributed by atoms with E-state index < -0.39 is 22.9 Å². The van der Waals surface area contributed by atoms with Crippen LogP contribution in [-0.4, -0.2) is 62.0 Å². The lowest BCUT2D eigenvalue weighted by Gasteiger charge is -2.42. The fraction of sp³-hybridized carbons (Fsp3) is 1.00. The second kappa shape index (κ2) is 4.38. The highest BCUT2D eigenvalue weighted by Gasteiger charge is 2.44. The minimum atomic E-state index is -4.49. The van der Waals surface area contributed by atoms with Crippen LogP contribution in [0, 0.1) is 0 Å². The van der Waals surface area contributed by atoms with Crippen molar-refractivity contribution in [2.75, 3.05) is 32.7 Å². The Morgan fingerprint density at radius 1 is 1.24 bits per heavy atom. The smallest absolute Gasteiger partial charge is 0.313 e. The second-order valence-corrected chi connectivity index (χ2v) is 6.11. The van der Waals surface area contributed by atoms with Crippen molar-refractivity contribution in [2.45, 2.75) is 18.6 Å². The summed E-state index contributed by atoms with van der Waals surface area (Å²) >= 11 is 0. The van der Waals surface area contributed by atoms with Crippen LogP contribution in [0.25, 0.3) is 0 Å². The number of nitrogens with one attached hydrogen (secondary N) is 1. The van der Waals surface area contributed by atoms with Gasteiger partial charge in [0.1, 0.15) is 6.54 Å². The molecule has 0 aromatic rings. The molecule has 17 heavy (non-hydrogen) atoms. The van der Waals surface area contributed by atoms with Crippen LogP contribution in [0.2, 0.25) is 0 Å². The maximum absolute atomic E-state index is 12.3. The highest BCUT2D eigenvalue weighted by molar-refractivity contribution is 7.86. The van der Waals surface area contributed by atoms with Gasteiger partial charge in [-0.25, -0.2) is 0 Å². The van der Waals surface area contributed by atoms with Crippen LogP contribution >= 0.6 is 0 Å². The van der Waals surface area contributed by atoms with E-state index in [1.54, 1.807) is 0 Å². The van der Waals surface area contributed by atoms with Crippen molar-refractivity contribution in [2.24, 2.45) is 0 Å². The lowest BCUT2D eigenvalue weighted by molar-refractivity contribution is -0.137. The summed E-state index contributed by atoms with van der Waals surface area (Å²) in [5.74, 6) is 0. The van der Waals surface area contributed by atoms with Crippen LogP contribution in [0.4, 0.5) is 13.2 Å². The molecule has 0 aromatic carbocycles. The lowest BCUT2D eigenvalue weighted by atomic mass is 10.2. The molecule has 0 radical (unpaired) electrons. The molecular weight excluding hydrogens is 259 g/mol. The molecule has 0 atom stereocenters. The minimum absolute atomic E-state index is 0.0571. The largest absolute Gasteiger partial charge is 0.402 e. The third-order valence-corrected chi connectivity index (χ3v) is 4.97. The predicted molar refractivity (Wildman–Crippen MR) is 54.5 cm³/mol. The Morgan fingerprint density at radius 2 is 1.88 bits per heavy atom. The Labute approximate surface area is 97.7 Å². The summed E-state index contributed by atoms with van der Waals surface area (Å²) in [7, 11) is -3.95. The van der Waals surface area contributed by atoms with Crippen LogP contribution in [0.3, 0.4) is 0 Å². The van der Waals surface area contributed by atoms with Gasteiger partial charge in [0.15, 0.2) is 0 Å². The van der Waals surface area contributed by atoms with E-state index >= 15 is 0 Å². The maximum Gasteiger partial charge on any atom is 0.402 e. The van der Waals surface area contributed by atoms with Gasteiger partial charge >= 0.3 is 6.18 Å². The molecule has 0 bridgehead atoms. The van der Waals surface area contributed by atoms with Crippen LogP contribution in [0.1, 0.15) is 6.42 Å². The second-order valence-electron chi connectivity index (χ2n) is 4.23. The van der Waals surface area contributed by atoms with Gasteiger partial charge in [0.05, 0.1) is 6.04 Å². The summed E-state index contributed by atoms with van der Waals surface area (Å²) in [4.78, 5) is 0. The molecule has 2 aliphatic rings. The van der Waals surface area contributed by atoms with Gasteiger partial charge in [-0.2, -0.15) is 30.2 Å². The molecular formula is C8H14F3N3O2S. The van der Waals surface area contributed by atoms with Crippen molar-refractivity contribution in [3.8, 4) is 0 Å². The zero-order chi connectivity index (χ0) is 12.7. The Balaban J connectivity index is 2.12.